The third kappa shape index (κ3) is 2.01. The molecular weight excluding hydrogens is 228 g/mol. The number of carboxylic acids is 1. The van der Waals surface area contributed by atoms with E-state index in [4.69, 9.17) is 0 Å². The highest BCUT2D eigenvalue weighted by Crippen LogP contribution is 2.22. The molecule has 94 valence electrons. The molecule has 1 heterocycles. The molecule has 0 aliphatic heterocycles. The smallest absolute Gasteiger partial charge is 0.354 e. The second kappa shape index (κ2) is 5.04. The normalized spacial score (nSPS) is 10.6. The van der Waals surface area contributed by atoms with Crippen LogP contribution in [0.5, 0.6) is 0 Å². The fourth-order valence-corrected chi connectivity index (χ4v) is 2.13. The van der Waals surface area contributed by atoms with Crippen molar-refractivity contribution in [3.63, 3.8) is 0 Å². The summed E-state index contributed by atoms with van der Waals surface area (Å²) in [5.74, 6) is -0.958. The molecule has 0 unspecified atom stereocenters. The lowest BCUT2D eigenvalue weighted by Gasteiger charge is -2.14. The number of carboxylic acid groups (broad SMARTS) is 1. The molecule has 4 nitrogen and oxygen atoms in total. The van der Waals surface area contributed by atoms with Crippen molar-refractivity contribution in [1.29, 1.82) is 0 Å². The van der Waals surface area contributed by atoms with Crippen molar-refractivity contribution in [3.05, 3.63) is 47.3 Å². The summed E-state index contributed by atoms with van der Waals surface area (Å²) in [6.45, 7) is 4.12. The molecule has 1 aromatic heterocycles. The van der Waals surface area contributed by atoms with Crippen molar-refractivity contribution in [2.75, 3.05) is 0 Å². The fourth-order valence-electron chi connectivity index (χ4n) is 2.13. The minimum absolute atomic E-state index is 0.200. The van der Waals surface area contributed by atoms with Crippen molar-refractivity contribution < 1.29 is 9.90 Å². The van der Waals surface area contributed by atoms with Gasteiger partial charge in [-0.3, -0.25) is 0 Å². The predicted octanol–water partition coefficient (Wildman–Crippen LogP) is 2.70. The molecule has 0 atom stereocenters. The Bertz CT molecular complexity index is 551. The maximum absolute atomic E-state index is 11.2. The van der Waals surface area contributed by atoms with Gasteiger partial charge in [-0.25, -0.2) is 9.48 Å². The average molecular weight is 244 g/mol. The van der Waals surface area contributed by atoms with Gasteiger partial charge in [-0.2, -0.15) is 5.10 Å². The van der Waals surface area contributed by atoms with Gasteiger partial charge >= 0.3 is 5.97 Å². The Labute approximate surface area is 106 Å². The second-order valence-corrected chi connectivity index (χ2v) is 4.07. The highest BCUT2D eigenvalue weighted by Gasteiger charge is 2.16. The Hall–Kier alpha value is -2.10. The molecule has 2 aromatic rings. The minimum Gasteiger partial charge on any atom is -0.477 e. The molecule has 4 heteroatoms. The van der Waals surface area contributed by atoms with E-state index in [1.165, 1.54) is 16.9 Å². The monoisotopic (exact) mass is 244 g/mol. The van der Waals surface area contributed by atoms with Crippen molar-refractivity contribution in [3.8, 4) is 5.69 Å². The lowest BCUT2D eigenvalue weighted by Crippen LogP contribution is -2.12. The number of para-hydroxylation sites is 1. The summed E-state index contributed by atoms with van der Waals surface area (Å²) in [5.41, 5.74) is 3.33. The lowest BCUT2D eigenvalue weighted by molar-refractivity contribution is 0.0687. The summed E-state index contributed by atoms with van der Waals surface area (Å²) in [5, 5.41) is 13.3. The first-order valence-corrected chi connectivity index (χ1v) is 6.07. The summed E-state index contributed by atoms with van der Waals surface area (Å²) < 4.78 is 1.53. The Morgan fingerprint density at radius 1 is 1.22 bits per heavy atom. The Morgan fingerprint density at radius 2 is 1.83 bits per heavy atom. The number of hydrogen-bond donors (Lipinski definition) is 1. The summed E-state index contributed by atoms with van der Waals surface area (Å²) in [4.78, 5) is 11.2. The van der Waals surface area contributed by atoms with E-state index in [-0.39, 0.29) is 5.69 Å². The zero-order valence-corrected chi connectivity index (χ0v) is 10.6. The number of rotatable bonds is 4. The highest BCUT2D eigenvalue weighted by molar-refractivity contribution is 5.86. The molecule has 0 spiro atoms. The fraction of sp³-hybridized carbons (Fsp3) is 0.286. The van der Waals surface area contributed by atoms with E-state index in [0.717, 1.165) is 29.7 Å². The standard InChI is InChI=1S/C14H16N2O2/c1-3-10-6-5-7-11(4-2)13(10)16-12(14(17)18)8-9-15-16/h5-9H,3-4H2,1-2H3,(H,17,18). The van der Waals surface area contributed by atoms with Gasteiger partial charge in [0.1, 0.15) is 0 Å². The van der Waals surface area contributed by atoms with Gasteiger partial charge in [-0.05, 0) is 30.0 Å². The van der Waals surface area contributed by atoms with Crippen LogP contribution in [0.1, 0.15) is 35.5 Å². The van der Waals surface area contributed by atoms with Gasteiger partial charge in [0.25, 0.3) is 0 Å². The highest BCUT2D eigenvalue weighted by atomic mass is 16.4. The summed E-state index contributed by atoms with van der Waals surface area (Å²) in [6.07, 6.45) is 3.22. The van der Waals surface area contributed by atoms with Gasteiger partial charge in [-0.15, -0.1) is 0 Å². The van der Waals surface area contributed by atoms with E-state index in [1.54, 1.807) is 0 Å². The minimum atomic E-state index is -0.958. The number of hydrogen-bond acceptors (Lipinski definition) is 2. The quantitative estimate of drug-likeness (QED) is 0.899. The van der Waals surface area contributed by atoms with Gasteiger partial charge < -0.3 is 5.11 Å². The number of aryl methyl sites for hydroxylation is 2. The van der Waals surface area contributed by atoms with Crippen LogP contribution in [0, 0.1) is 0 Å². The van der Waals surface area contributed by atoms with Crippen LogP contribution < -0.4 is 0 Å². The van der Waals surface area contributed by atoms with Crippen LogP contribution in [0.25, 0.3) is 5.69 Å². The predicted molar refractivity (Wildman–Crippen MR) is 69.3 cm³/mol. The van der Waals surface area contributed by atoms with Crippen LogP contribution in [0.4, 0.5) is 0 Å². The molecule has 0 bridgehead atoms. The number of aromatic nitrogens is 2. The maximum Gasteiger partial charge on any atom is 0.354 e. The number of nitrogens with zero attached hydrogens (tertiary/aromatic N) is 2. The van der Waals surface area contributed by atoms with Crippen molar-refractivity contribution in [1.82, 2.24) is 9.78 Å². The van der Waals surface area contributed by atoms with Crippen molar-refractivity contribution in [2.24, 2.45) is 0 Å². The van der Waals surface area contributed by atoms with E-state index >= 15 is 0 Å². The third-order valence-electron chi connectivity index (χ3n) is 3.04. The van der Waals surface area contributed by atoms with Gasteiger partial charge in [0.05, 0.1) is 11.9 Å². The lowest BCUT2D eigenvalue weighted by atomic mass is 10.0. The molecule has 0 saturated heterocycles. The molecule has 0 amide bonds. The molecule has 0 aliphatic carbocycles. The summed E-state index contributed by atoms with van der Waals surface area (Å²) in [7, 11) is 0. The molecule has 1 aromatic carbocycles. The second-order valence-electron chi connectivity index (χ2n) is 4.07. The molecule has 2 rings (SSSR count). The van der Waals surface area contributed by atoms with E-state index in [1.807, 2.05) is 18.2 Å². The van der Waals surface area contributed by atoms with E-state index in [0.29, 0.717) is 0 Å². The van der Waals surface area contributed by atoms with Crippen LogP contribution >= 0.6 is 0 Å². The first-order chi connectivity index (χ1) is 8.69. The van der Waals surface area contributed by atoms with Crippen molar-refractivity contribution >= 4 is 5.97 Å². The van der Waals surface area contributed by atoms with Crippen LogP contribution in [-0.4, -0.2) is 20.9 Å². The van der Waals surface area contributed by atoms with Crippen LogP contribution in [-0.2, 0) is 12.8 Å². The molecule has 0 aliphatic rings. The zero-order chi connectivity index (χ0) is 13.1. The summed E-state index contributed by atoms with van der Waals surface area (Å²) >= 11 is 0. The first-order valence-electron chi connectivity index (χ1n) is 6.07. The van der Waals surface area contributed by atoms with E-state index in [2.05, 4.69) is 18.9 Å². The largest absolute Gasteiger partial charge is 0.477 e. The van der Waals surface area contributed by atoms with E-state index in [9.17, 15) is 9.90 Å². The average Bonchev–Trinajstić information content (AvgIpc) is 2.86. The van der Waals surface area contributed by atoms with Crippen LogP contribution in [0.15, 0.2) is 30.5 Å². The molecule has 0 saturated carbocycles. The Kier molecular flexibility index (Phi) is 3.46. The number of aromatic carboxylic acids is 1. The first kappa shape index (κ1) is 12.4. The van der Waals surface area contributed by atoms with Gasteiger partial charge in [0.2, 0.25) is 0 Å². The Balaban J connectivity index is 2.69. The van der Waals surface area contributed by atoms with Gasteiger partial charge in [-0.1, -0.05) is 32.0 Å². The van der Waals surface area contributed by atoms with Crippen LogP contribution in [0.3, 0.4) is 0 Å². The number of benzene rings is 1. The molecular formula is C14H16N2O2. The van der Waals surface area contributed by atoms with E-state index < -0.39 is 5.97 Å². The Morgan fingerprint density at radius 3 is 2.33 bits per heavy atom. The number of carbonyl (C=O) groups is 1. The topological polar surface area (TPSA) is 55.1 Å². The summed E-state index contributed by atoms with van der Waals surface area (Å²) in [6, 6.07) is 7.56. The molecule has 0 fully saturated rings. The van der Waals surface area contributed by atoms with Gasteiger partial charge in [0.15, 0.2) is 5.69 Å². The molecule has 0 radical (unpaired) electrons. The van der Waals surface area contributed by atoms with Crippen molar-refractivity contribution in [2.45, 2.75) is 26.7 Å². The van der Waals surface area contributed by atoms with Crippen LogP contribution in [0.2, 0.25) is 0 Å². The zero-order valence-electron chi connectivity index (χ0n) is 10.6. The van der Waals surface area contributed by atoms with Gasteiger partial charge in [0, 0.05) is 0 Å². The molecule has 18 heavy (non-hydrogen) atoms. The molecule has 1 N–H and O–H groups in total. The SMILES string of the molecule is CCc1cccc(CC)c1-n1nccc1C(=O)O. The third-order valence-corrected chi connectivity index (χ3v) is 3.04. The maximum atomic E-state index is 11.2.